The molecule has 0 radical (unpaired) electrons. The molecule has 0 aromatic heterocycles. The van der Waals surface area contributed by atoms with Crippen LogP contribution in [0.25, 0.3) is 0 Å². The van der Waals surface area contributed by atoms with Crippen LogP contribution in [-0.4, -0.2) is 41.3 Å². The van der Waals surface area contributed by atoms with Crippen LogP contribution in [0.3, 0.4) is 0 Å². The average Bonchev–Trinajstić information content (AvgIpc) is 2.46. The number of thioether (sulfide) groups is 1. The monoisotopic (exact) mass is 281 g/mol. The van der Waals surface area contributed by atoms with E-state index in [1.807, 2.05) is 11.8 Å². The lowest BCUT2D eigenvalue weighted by Gasteiger charge is -2.31. The Kier molecular flexibility index (Phi) is 5.40. The molecule has 0 bridgehead atoms. The number of nitrogens with zero attached hydrogens (tertiary/aromatic N) is 1. The number of carbonyl (C=O) groups excluding carboxylic acids is 1. The van der Waals surface area contributed by atoms with E-state index in [0.29, 0.717) is 17.2 Å². The topological polar surface area (TPSA) is 20.3 Å². The van der Waals surface area contributed by atoms with Crippen molar-refractivity contribution in [2.24, 2.45) is 0 Å². The second-order valence-corrected chi connectivity index (χ2v) is 6.29. The Labute approximate surface area is 118 Å². The summed E-state index contributed by atoms with van der Waals surface area (Å²) in [6, 6.07) is 5.83. The third-order valence-corrected chi connectivity index (χ3v) is 4.87. The number of carbonyl (C=O) groups is 1. The SMILES string of the molecule is CCC1CN(CCC(=O)c2ccc(F)cc2)CCS1. The summed E-state index contributed by atoms with van der Waals surface area (Å²) < 4.78 is 12.8. The first-order valence-corrected chi connectivity index (χ1v) is 7.86. The zero-order valence-electron chi connectivity index (χ0n) is 11.3. The first kappa shape index (κ1) is 14.5. The number of hydrogen-bond acceptors (Lipinski definition) is 3. The van der Waals surface area contributed by atoms with Crippen LogP contribution in [0.5, 0.6) is 0 Å². The maximum absolute atomic E-state index is 12.8. The van der Waals surface area contributed by atoms with Gasteiger partial charge in [0.05, 0.1) is 0 Å². The van der Waals surface area contributed by atoms with Gasteiger partial charge in [-0.2, -0.15) is 11.8 Å². The molecule has 2 rings (SSSR count). The zero-order valence-corrected chi connectivity index (χ0v) is 12.1. The van der Waals surface area contributed by atoms with Gasteiger partial charge in [0.15, 0.2) is 5.78 Å². The molecule has 1 aromatic rings. The molecule has 1 heterocycles. The van der Waals surface area contributed by atoms with Crippen molar-refractivity contribution >= 4 is 17.5 Å². The van der Waals surface area contributed by atoms with Gasteiger partial charge in [0.2, 0.25) is 0 Å². The summed E-state index contributed by atoms with van der Waals surface area (Å²) in [6.07, 6.45) is 1.71. The number of benzene rings is 1. The molecule has 104 valence electrons. The molecule has 0 amide bonds. The van der Waals surface area contributed by atoms with Gasteiger partial charge >= 0.3 is 0 Å². The Morgan fingerprint density at radius 2 is 2.16 bits per heavy atom. The summed E-state index contributed by atoms with van der Waals surface area (Å²) in [5.74, 6) is 0.963. The van der Waals surface area contributed by atoms with Crippen LogP contribution in [0.15, 0.2) is 24.3 Å². The highest BCUT2D eigenvalue weighted by molar-refractivity contribution is 8.00. The van der Waals surface area contributed by atoms with Crippen molar-refractivity contribution in [1.29, 1.82) is 0 Å². The Hall–Kier alpha value is -0.870. The molecular formula is C15H20FNOS. The largest absolute Gasteiger partial charge is 0.301 e. The van der Waals surface area contributed by atoms with Crippen LogP contribution in [-0.2, 0) is 0 Å². The van der Waals surface area contributed by atoms with Crippen LogP contribution in [0.2, 0.25) is 0 Å². The first-order chi connectivity index (χ1) is 9.19. The van der Waals surface area contributed by atoms with E-state index in [1.54, 1.807) is 12.1 Å². The molecule has 1 saturated heterocycles. The maximum Gasteiger partial charge on any atom is 0.164 e. The van der Waals surface area contributed by atoms with Gasteiger partial charge < -0.3 is 4.90 Å². The van der Waals surface area contributed by atoms with Crippen LogP contribution in [0.1, 0.15) is 30.1 Å². The molecular weight excluding hydrogens is 261 g/mol. The number of ketones is 1. The Morgan fingerprint density at radius 1 is 1.42 bits per heavy atom. The molecule has 19 heavy (non-hydrogen) atoms. The van der Waals surface area contributed by atoms with Crippen LogP contribution in [0.4, 0.5) is 4.39 Å². The fourth-order valence-electron chi connectivity index (χ4n) is 2.27. The lowest BCUT2D eigenvalue weighted by Crippen LogP contribution is -2.38. The van der Waals surface area contributed by atoms with E-state index in [2.05, 4.69) is 11.8 Å². The molecule has 1 fully saturated rings. The molecule has 0 saturated carbocycles. The van der Waals surface area contributed by atoms with E-state index >= 15 is 0 Å². The Bertz CT molecular complexity index is 421. The molecule has 1 aliphatic heterocycles. The van der Waals surface area contributed by atoms with Crippen LogP contribution in [0, 0.1) is 5.82 Å². The van der Waals surface area contributed by atoms with Gasteiger partial charge in [-0.25, -0.2) is 4.39 Å². The summed E-state index contributed by atoms with van der Waals surface area (Å²) in [5.41, 5.74) is 0.611. The highest BCUT2D eigenvalue weighted by Gasteiger charge is 2.19. The van der Waals surface area contributed by atoms with Gasteiger partial charge in [-0.3, -0.25) is 4.79 Å². The smallest absolute Gasteiger partial charge is 0.164 e. The minimum absolute atomic E-state index is 0.103. The molecule has 0 aliphatic carbocycles. The predicted octanol–water partition coefficient (Wildman–Crippen LogP) is 3.23. The van der Waals surface area contributed by atoms with Gasteiger partial charge in [0.1, 0.15) is 5.82 Å². The van der Waals surface area contributed by atoms with Gasteiger partial charge in [-0.1, -0.05) is 6.92 Å². The zero-order chi connectivity index (χ0) is 13.7. The lowest BCUT2D eigenvalue weighted by atomic mass is 10.1. The second kappa shape index (κ2) is 7.06. The van der Waals surface area contributed by atoms with Gasteiger partial charge in [0, 0.05) is 42.6 Å². The molecule has 1 atom stereocenters. The van der Waals surface area contributed by atoms with Crippen molar-refractivity contribution in [2.45, 2.75) is 25.0 Å². The van der Waals surface area contributed by atoms with Crippen molar-refractivity contribution in [3.8, 4) is 0 Å². The van der Waals surface area contributed by atoms with Crippen molar-refractivity contribution in [2.75, 3.05) is 25.4 Å². The number of hydrogen-bond donors (Lipinski definition) is 0. The second-order valence-electron chi connectivity index (χ2n) is 4.88. The number of halogens is 1. The number of rotatable bonds is 5. The quantitative estimate of drug-likeness (QED) is 0.773. The molecule has 0 N–H and O–H groups in total. The van der Waals surface area contributed by atoms with Crippen molar-refractivity contribution in [3.63, 3.8) is 0 Å². The molecule has 4 heteroatoms. The first-order valence-electron chi connectivity index (χ1n) is 6.81. The summed E-state index contributed by atoms with van der Waals surface area (Å²) in [7, 11) is 0. The molecule has 0 spiro atoms. The van der Waals surface area contributed by atoms with E-state index in [1.165, 1.54) is 18.6 Å². The van der Waals surface area contributed by atoms with E-state index in [4.69, 9.17) is 0 Å². The maximum atomic E-state index is 12.8. The van der Waals surface area contributed by atoms with Crippen LogP contribution < -0.4 is 0 Å². The van der Waals surface area contributed by atoms with Gasteiger partial charge in [-0.05, 0) is 30.7 Å². The lowest BCUT2D eigenvalue weighted by molar-refractivity contribution is 0.0964. The van der Waals surface area contributed by atoms with Crippen molar-refractivity contribution in [1.82, 2.24) is 4.90 Å². The van der Waals surface area contributed by atoms with E-state index in [9.17, 15) is 9.18 Å². The highest BCUT2D eigenvalue weighted by atomic mass is 32.2. The predicted molar refractivity (Wildman–Crippen MR) is 78.3 cm³/mol. The van der Waals surface area contributed by atoms with Crippen LogP contribution >= 0.6 is 11.8 Å². The minimum Gasteiger partial charge on any atom is -0.301 e. The summed E-state index contributed by atoms with van der Waals surface area (Å²) >= 11 is 2.03. The standard InChI is InChI=1S/C15H20FNOS/c1-2-14-11-17(9-10-19-14)8-7-15(18)12-3-5-13(16)6-4-12/h3-6,14H,2,7-11H2,1H3. The summed E-state index contributed by atoms with van der Waals surface area (Å²) in [6.45, 7) is 5.17. The highest BCUT2D eigenvalue weighted by Crippen LogP contribution is 2.21. The molecule has 1 aromatic carbocycles. The Balaban J connectivity index is 1.81. The third kappa shape index (κ3) is 4.32. The normalized spacial score (nSPS) is 20.4. The average molecular weight is 281 g/mol. The minimum atomic E-state index is -0.296. The molecule has 1 unspecified atom stereocenters. The number of Topliss-reactive ketones (excluding diaryl/α,β-unsaturated/α-hetero) is 1. The van der Waals surface area contributed by atoms with Gasteiger partial charge in [-0.15, -0.1) is 0 Å². The van der Waals surface area contributed by atoms with Crippen molar-refractivity contribution < 1.29 is 9.18 Å². The van der Waals surface area contributed by atoms with Crippen molar-refractivity contribution in [3.05, 3.63) is 35.6 Å². The fourth-order valence-corrected chi connectivity index (χ4v) is 3.52. The van der Waals surface area contributed by atoms with E-state index in [0.717, 1.165) is 25.4 Å². The third-order valence-electron chi connectivity index (χ3n) is 3.50. The molecule has 2 nitrogen and oxygen atoms in total. The Morgan fingerprint density at radius 3 is 2.84 bits per heavy atom. The summed E-state index contributed by atoms with van der Waals surface area (Å²) in [5, 5.41) is 0.703. The van der Waals surface area contributed by atoms with Gasteiger partial charge in [0.25, 0.3) is 0 Å². The fraction of sp³-hybridized carbons (Fsp3) is 0.533. The molecule has 1 aliphatic rings. The summed E-state index contributed by atoms with van der Waals surface area (Å²) in [4.78, 5) is 14.4. The van der Waals surface area contributed by atoms with E-state index < -0.39 is 0 Å². The van der Waals surface area contributed by atoms with E-state index in [-0.39, 0.29) is 11.6 Å².